The minimum Gasteiger partial charge on any atom is -0.394 e. The van der Waals surface area contributed by atoms with E-state index in [2.05, 4.69) is 24.1 Å². The highest BCUT2D eigenvalue weighted by atomic mass is 32.1. The Balaban J connectivity index is 1.24. The number of rotatable bonds is 9. The highest BCUT2D eigenvalue weighted by Crippen LogP contribution is 2.54. The molecule has 1 spiro atoms. The summed E-state index contributed by atoms with van der Waals surface area (Å²) < 4.78 is 32.0. The molecule has 0 bridgehead atoms. The number of ether oxygens (including phenoxy) is 1. The van der Waals surface area contributed by atoms with E-state index < -0.39 is 29.4 Å². The summed E-state index contributed by atoms with van der Waals surface area (Å²) >= 11 is 1.24. The van der Waals surface area contributed by atoms with Gasteiger partial charge in [-0.25, -0.2) is 8.78 Å². The number of carbonyl (C=O) groups is 3. The van der Waals surface area contributed by atoms with Gasteiger partial charge in [0.2, 0.25) is 17.7 Å². The minimum atomic E-state index is -2.63. The van der Waals surface area contributed by atoms with Crippen LogP contribution >= 0.6 is 11.3 Å². The molecular weight excluding hydrogens is 518 g/mol. The number of amides is 3. The van der Waals surface area contributed by atoms with Crippen LogP contribution in [0.2, 0.25) is 0 Å². The van der Waals surface area contributed by atoms with Crippen LogP contribution in [0.3, 0.4) is 0 Å². The van der Waals surface area contributed by atoms with E-state index in [0.717, 1.165) is 6.42 Å². The molecule has 12 heteroatoms. The fourth-order valence-electron chi connectivity index (χ4n) is 6.16. The molecule has 1 unspecified atom stereocenters. The molecule has 38 heavy (non-hydrogen) atoms. The molecule has 2 aliphatic heterocycles. The zero-order valence-electron chi connectivity index (χ0n) is 22.0. The lowest BCUT2D eigenvalue weighted by atomic mass is 9.70. The molecule has 4 fully saturated rings. The van der Waals surface area contributed by atoms with Crippen LogP contribution in [-0.4, -0.2) is 95.1 Å². The summed E-state index contributed by atoms with van der Waals surface area (Å²) in [7, 11) is 0. The molecule has 0 aromatic carbocycles. The highest BCUT2D eigenvalue weighted by Gasteiger charge is 2.62. The summed E-state index contributed by atoms with van der Waals surface area (Å²) in [5.74, 6) is -3.84. The number of aliphatic hydroxyl groups excluding tert-OH is 1. The fraction of sp³-hybridized carbons (Fsp3) is 0.769. The number of nitrogens with zero attached hydrogens (tertiary/aromatic N) is 3. The van der Waals surface area contributed by atoms with E-state index in [0.29, 0.717) is 24.5 Å². The van der Waals surface area contributed by atoms with E-state index >= 15 is 0 Å². The van der Waals surface area contributed by atoms with Gasteiger partial charge in [-0.3, -0.25) is 19.4 Å². The molecule has 9 nitrogen and oxygen atoms in total. The van der Waals surface area contributed by atoms with Crippen molar-refractivity contribution in [2.24, 2.45) is 28.6 Å². The lowest BCUT2D eigenvalue weighted by Gasteiger charge is -2.50. The van der Waals surface area contributed by atoms with Gasteiger partial charge in [0.25, 0.3) is 5.91 Å². The topological polar surface area (TPSA) is 112 Å². The molecule has 1 aromatic heterocycles. The second-order valence-electron chi connectivity index (χ2n) is 12.4. The van der Waals surface area contributed by atoms with Crippen molar-refractivity contribution in [3.63, 3.8) is 0 Å². The summed E-state index contributed by atoms with van der Waals surface area (Å²) in [4.78, 5) is 47.6. The summed E-state index contributed by atoms with van der Waals surface area (Å²) in [6.45, 7) is 6.95. The minimum absolute atomic E-state index is 0.000324. The second kappa shape index (κ2) is 9.78. The van der Waals surface area contributed by atoms with Crippen LogP contribution in [-0.2, 0) is 14.3 Å². The van der Waals surface area contributed by atoms with Crippen molar-refractivity contribution in [1.82, 2.24) is 20.1 Å². The van der Waals surface area contributed by atoms with Gasteiger partial charge in [0, 0.05) is 50.4 Å². The van der Waals surface area contributed by atoms with E-state index in [-0.39, 0.29) is 67.6 Å². The van der Waals surface area contributed by atoms with E-state index in [1.165, 1.54) is 17.5 Å². The van der Waals surface area contributed by atoms with Crippen LogP contribution < -0.4 is 5.32 Å². The molecule has 5 rings (SSSR count). The SMILES string of the molecule is C[C@@H](OCC1CC(F)(F)C1)[C@@H](CO)NC(=O)[C@@H]1CN(C(=O)c2cncs2)CC12CN(C(=O)C1CC1(C)C)C2. The van der Waals surface area contributed by atoms with Crippen molar-refractivity contribution < 1.29 is 33.0 Å². The Hall–Kier alpha value is -2.18. The van der Waals surface area contributed by atoms with E-state index in [1.807, 2.05) is 0 Å². The van der Waals surface area contributed by atoms with Crippen molar-refractivity contribution in [3.05, 3.63) is 16.6 Å². The van der Waals surface area contributed by atoms with Gasteiger partial charge in [-0.05, 0) is 24.7 Å². The fourth-order valence-corrected chi connectivity index (χ4v) is 6.75. The zero-order valence-corrected chi connectivity index (χ0v) is 22.8. The number of halogens is 2. The molecule has 3 amide bonds. The van der Waals surface area contributed by atoms with Crippen LogP contribution in [0.5, 0.6) is 0 Å². The summed E-state index contributed by atoms with van der Waals surface area (Å²) in [5, 5.41) is 12.8. The number of thiazole rings is 1. The van der Waals surface area contributed by atoms with Gasteiger partial charge in [0.15, 0.2) is 0 Å². The van der Waals surface area contributed by atoms with Crippen molar-refractivity contribution in [1.29, 1.82) is 0 Å². The Morgan fingerprint density at radius 1 is 1.18 bits per heavy atom. The van der Waals surface area contributed by atoms with Crippen molar-refractivity contribution >= 4 is 29.1 Å². The predicted octanol–water partition coefficient (Wildman–Crippen LogP) is 2.02. The van der Waals surface area contributed by atoms with Gasteiger partial charge in [0.1, 0.15) is 4.88 Å². The molecule has 2 aliphatic carbocycles. The molecule has 1 aromatic rings. The Bertz CT molecular complexity index is 1070. The first-order chi connectivity index (χ1) is 17.8. The number of hydrogen-bond donors (Lipinski definition) is 2. The first-order valence-corrected chi connectivity index (χ1v) is 14.1. The largest absolute Gasteiger partial charge is 0.394 e. The van der Waals surface area contributed by atoms with E-state index in [1.54, 1.807) is 22.2 Å². The van der Waals surface area contributed by atoms with Gasteiger partial charge >= 0.3 is 0 Å². The average molecular weight is 555 g/mol. The predicted molar refractivity (Wildman–Crippen MR) is 135 cm³/mol. The maximum absolute atomic E-state index is 13.6. The number of aromatic nitrogens is 1. The third-order valence-corrected chi connectivity index (χ3v) is 9.65. The van der Waals surface area contributed by atoms with Gasteiger partial charge in [-0.15, -0.1) is 11.3 Å². The Morgan fingerprint density at radius 2 is 1.84 bits per heavy atom. The summed E-state index contributed by atoms with van der Waals surface area (Å²) in [6.07, 6.45) is 1.36. The molecule has 2 N–H and O–H groups in total. The van der Waals surface area contributed by atoms with Gasteiger partial charge in [-0.1, -0.05) is 13.8 Å². The molecular formula is C26H36F2N4O5S. The summed E-state index contributed by atoms with van der Waals surface area (Å²) in [5.41, 5.74) is 1.02. The van der Waals surface area contributed by atoms with Crippen LogP contribution in [0.25, 0.3) is 0 Å². The molecule has 2 saturated heterocycles. The number of aliphatic hydroxyl groups is 1. The van der Waals surface area contributed by atoms with Crippen LogP contribution in [0.4, 0.5) is 8.78 Å². The van der Waals surface area contributed by atoms with Gasteiger partial charge < -0.3 is 25.0 Å². The smallest absolute Gasteiger partial charge is 0.265 e. The van der Waals surface area contributed by atoms with Crippen molar-refractivity contribution in [2.45, 2.75) is 58.1 Å². The quantitative estimate of drug-likeness (QED) is 0.483. The number of nitrogens with one attached hydrogen (secondary N) is 1. The Labute approximate surface area is 224 Å². The van der Waals surface area contributed by atoms with Crippen LogP contribution in [0.15, 0.2) is 11.7 Å². The standard InChI is InChI=1S/C26H36F2N4O5S/c1-15(37-10-16-4-26(27,28)5-16)19(9-33)30-21(34)18-8-31(23(36)20-7-29-14-38-20)11-25(18)12-32(13-25)22(35)17-6-24(17,2)3/h7,14-19,33H,4-6,8-13H2,1-3H3,(H,30,34)/t15-,17?,18+,19-/m1/s1. The maximum Gasteiger partial charge on any atom is 0.265 e. The third kappa shape index (κ3) is 5.19. The lowest BCUT2D eigenvalue weighted by molar-refractivity contribution is -0.152. The number of alkyl halides is 2. The Morgan fingerprint density at radius 3 is 2.39 bits per heavy atom. The molecule has 0 radical (unpaired) electrons. The Kier molecular flexibility index (Phi) is 7.05. The molecule has 2 saturated carbocycles. The van der Waals surface area contributed by atoms with E-state index in [9.17, 15) is 28.3 Å². The van der Waals surface area contributed by atoms with Crippen molar-refractivity contribution in [3.8, 4) is 0 Å². The molecule has 4 aliphatic rings. The monoisotopic (exact) mass is 554 g/mol. The average Bonchev–Trinajstić information content (AvgIpc) is 3.21. The number of likely N-dealkylation sites (tertiary alicyclic amines) is 2. The first-order valence-electron chi connectivity index (χ1n) is 13.2. The van der Waals surface area contributed by atoms with Gasteiger partial charge in [0.05, 0.1) is 43.0 Å². The van der Waals surface area contributed by atoms with Crippen molar-refractivity contribution in [2.75, 3.05) is 39.4 Å². The van der Waals surface area contributed by atoms with Gasteiger partial charge in [-0.2, -0.15) is 0 Å². The number of hydrogen-bond acceptors (Lipinski definition) is 7. The molecule has 210 valence electrons. The normalized spacial score (nSPS) is 28.4. The maximum atomic E-state index is 13.6. The number of carbonyl (C=O) groups excluding carboxylic acids is 3. The summed E-state index contributed by atoms with van der Waals surface area (Å²) in [6, 6.07) is -0.726. The second-order valence-corrected chi connectivity index (χ2v) is 13.3. The first kappa shape index (κ1) is 27.4. The molecule has 4 atom stereocenters. The van der Waals surface area contributed by atoms with Crippen LogP contribution in [0.1, 0.15) is 49.7 Å². The van der Waals surface area contributed by atoms with Crippen LogP contribution in [0, 0.1) is 28.6 Å². The lowest BCUT2D eigenvalue weighted by Crippen LogP contribution is -2.65. The highest BCUT2D eigenvalue weighted by molar-refractivity contribution is 7.11. The third-order valence-electron chi connectivity index (χ3n) is 8.89. The molecule has 3 heterocycles. The van der Waals surface area contributed by atoms with E-state index in [4.69, 9.17) is 4.74 Å². The zero-order chi connectivity index (χ0) is 27.5.